The van der Waals surface area contributed by atoms with Gasteiger partial charge in [0.25, 0.3) is 0 Å². The molecule has 1 aliphatic rings. The number of amides is 1. The fraction of sp³-hybridized carbons (Fsp3) is 0.429. The van der Waals surface area contributed by atoms with Gasteiger partial charge in [0.05, 0.1) is 24.1 Å². The monoisotopic (exact) mass is 396 g/mol. The molecular weight excluding hydrogens is 368 g/mol. The van der Waals surface area contributed by atoms with E-state index in [1.807, 2.05) is 37.5 Å². The van der Waals surface area contributed by atoms with Crippen molar-refractivity contribution in [2.75, 3.05) is 30.3 Å². The Balaban J connectivity index is 1.83. The van der Waals surface area contributed by atoms with Crippen molar-refractivity contribution in [1.82, 2.24) is 14.9 Å². The standard InChI is InChI=1S/C21H28N6O2/c1-13(2)27-8-7-26(11-20(27)28)19-10-18(24-12-25-19)21(23)16-9-15(29-14(3)4)5-6-17(16)22/h5-6,9-10,12-14,23H,7-8,11,22H2,1-4H3. The molecule has 3 N–H and O–H groups in total. The maximum absolute atomic E-state index is 12.4. The van der Waals surface area contributed by atoms with Crippen LogP contribution in [0.4, 0.5) is 11.5 Å². The highest BCUT2D eigenvalue weighted by molar-refractivity contribution is 6.13. The summed E-state index contributed by atoms with van der Waals surface area (Å²) in [5, 5.41) is 8.61. The number of anilines is 2. The second-order valence-corrected chi connectivity index (χ2v) is 7.65. The third-order valence-electron chi connectivity index (χ3n) is 4.78. The molecule has 154 valence electrons. The van der Waals surface area contributed by atoms with Crippen molar-refractivity contribution in [2.24, 2.45) is 0 Å². The molecule has 0 atom stereocenters. The lowest BCUT2D eigenvalue weighted by atomic mass is 10.0. The molecule has 1 amide bonds. The van der Waals surface area contributed by atoms with Gasteiger partial charge in [-0.2, -0.15) is 0 Å². The van der Waals surface area contributed by atoms with Crippen LogP contribution in [-0.4, -0.2) is 58.3 Å². The fourth-order valence-corrected chi connectivity index (χ4v) is 3.32. The molecule has 0 radical (unpaired) electrons. The molecule has 0 aliphatic carbocycles. The Morgan fingerprint density at radius 2 is 1.93 bits per heavy atom. The summed E-state index contributed by atoms with van der Waals surface area (Å²) in [4.78, 5) is 24.7. The van der Waals surface area contributed by atoms with E-state index >= 15 is 0 Å². The zero-order chi connectivity index (χ0) is 21.1. The maximum Gasteiger partial charge on any atom is 0.242 e. The Morgan fingerprint density at radius 3 is 2.59 bits per heavy atom. The summed E-state index contributed by atoms with van der Waals surface area (Å²) in [6.45, 7) is 9.51. The van der Waals surface area contributed by atoms with Gasteiger partial charge in [-0.15, -0.1) is 0 Å². The first-order valence-corrected chi connectivity index (χ1v) is 9.78. The molecule has 3 rings (SSSR count). The Morgan fingerprint density at radius 1 is 1.17 bits per heavy atom. The van der Waals surface area contributed by atoms with E-state index < -0.39 is 0 Å². The molecule has 1 aliphatic heterocycles. The summed E-state index contributed by atoms with van der Waals surface area (Å²) < 4.78 is 5.72. The molecular formula is C21H28N6O2. The lowest BCUT2D eigenvalue weighted by Gasteiger charge is -2.37. The van der Waals surface area contributed by atoms with Crippen LogP contribution in [0.5, 0.6) is 5.75 Å². The van der Waals surface area contributed by atoms with Gasteiger partial charge in [-0.05, 0) is 45.9 Å². The third kappa shape index (κ3) is 4.64. The summed E-state index contributed by atoms with van der Waals surface area (Å²) in [5.74, 6) is 1.35. The van der Waals surface area contributed by atoms with Gasteiger partial charge in [0.1, 0.15) is 17.9 Å². The SMILES string of the molecule is CC(C)Oc1ccc(N)c(C(=N)c2cc(N3CCN(C(C)C)C(=O)C3)ncn2)c1. The van der Waals surface area contributed by atoms with Crippen LogP contribution in [0, 0.1) is 5.41 Å². The quantitative estimate of drug-likeness (QED) is 0.573. The third-order valence-corrected chi connectivity index (χ3v) is 4.78. The van der Waals surface area contributed by atoms with E-state index in [0.29, 0.717) is 41.6 Å². The first kappa shape index (κ1) is 20.6. The molecule has 1 fully saturated rings. The number of hydrogen-bond donors (Lipinski definition) is 2. The number of hydrogen-bond acceptors (Lipinski definition) is 7. The number of carbonyl (C=O) groups is 1. The van der Waals surface area contributed by atoms with E-state index in [0.717, 1.165) is 0 Å². The number of ether oxygens (including phenoxy) is 1. The predicted octanol–water partition coefficient (Wildman–Crippen LogP) is 2.32. The van der Waals surface area contributed by atoms with Crippen LogP contribution >= 0.6 is 0 Å². The Kier molecular flexibility index (Phi) is 6.00. The number of rotatable bonds is 6. The van der Waals surface area contributed by atoms with Crippen molar-refractivity contribution in [2.45, 2.75) is 39.8 Å². The van der Waals surface area contributed by atoms with Gasteiger partial charge in [0.15, 0.2) is 0 Å². The molecule has 1 aromatic heterocycles. The van der Waals surface area contributed by atoms with E-state index in [2.05, 4.69) is 9.97 Å². The van der Waals surface area contributed by atoms with Crippen LogP contribution in [0.3, 0.4) is 0 Å². The van der Waals surface area contributed by atoms with E-state index in [9.17, 15) is 4.79 Å². The highest BCUT2D eigenvalue weighted by atomic mass is 16.5. The number of benzene rings is 1. The van der Waals surface area contributed by atoms with Crippen LogP contribution in [0.1, 0.15) is 39.0 Å². The van der Waals surface area contributed by atoms with Crippen LogP contribution in [0.25, 0.3) is 0 Å². The molecule has 2 aromatic rings. The van der Waals surface area contributed by atoms with Gasteiger partial charge in [-0.3, -0.25) is 10.2 Å². The van der Waals surface area contributed by atoms with Gasteiger partial charge in [-0.1, -0.05) is 0 Å². The molecule has 29 heavy (non-hydrogen) atoms. The van der Waals surface area contributed by atoms with Crippen LogP contribution in [-0.2, 0) is 4.79 Å². The minimum atomic E-state index is 0.0216. The second kappa shape index (κ2) is 8.46. The normalized spacial score (nSPS) is 14.6. The maximum atomic E-state index is 12.4. The van der Waals surface area contributed by atoms with Gasteiger partial charge in [0.2, 0.25) is 5.91 Å². The first-order valence-electron chi connectivity index (χ1n) is 9.78. The van der Waals surface area contributed by atoms with Crippen LogP contribution in [0.2, 0.25) is 0 Å². The summed E-state index contributed by atoms with van der Waals surface area (Å²) in [6.07, 6.45) is 1.44. The predicted molar refractivity (Wildman–Crippen MR) is 114 cm³/mol. The lowest BCUT2D eigenvalue weighted by Crippen LogP contribution is -2.53. The van der Waals surface area contributed by atoms with Crippen molar-refractivity contribution in [3.05, 3.63) is 41.9 Å². The Labute approximate surface area is 171 Å². The lowest BCUT2D eigenvalue weighted by molar-refractivity contribution is -0.132. The first-order chi connectivity index (χ1) is 13.8. The zero-order valence-corrected chi connectivity index (χ0v) is 17.3. The number of nitrogens with one attached hydrogen (secondary N) is 1. The number of aromatic nitrogens is 2. The summed E-state index contributed by atoms with van der Waals surface area (Å²) >= 11 is 0. The molecule has 0 unspecified atom stereocenters. The average molecular weight is 396 g/mol. The average Bonchev–Trinajstić information content (AvgIpc) is 2.68. The molecule has 0 spiro atoms. The van der Waals surface area contributed by atoms with E-state index in [-0.39, 0.29) is 30.3 Å². The summed E-state index contributed by atoms with van der Waals surface area (Å²) in [5.41, 5.74) is 7.76. The number of nitrogen functional groups attached to an aromatic ring is 1. The number of nitrogens with two attached hydrogens (primary N) is 1. The molecule has 0 bridgehead atoms. The van der Waals surface area contributed by atoms with Crippen LogP contribution in [0.15, 0.2) is 30.6 Å². The van der Waals surface area contributed by atoms with Gasteiger partial charge in [0, 0.05) is 36.4 Å². The molecule has 8 nitrogen and oxygen atoms in total. The molecule has 1 saturated heterocycles. The molecule has 8 heteroatoms. The van der Waals surface area contributed by atoms with Gasteiger partial charge < -0.3 is 20.3 Å². The highest BCUT2D eigenvalue weighted by Gasteiger charge is 2.26. The molecule has 1 aromatic carbocycles. The number of nitrogens with zero attached hydrogens (tertiary/aromatic N) is 4. The number of carbonyl (C=O) groups excluding carboxylic acids is 1. The van der Waals surface area contributed by atoms with Crippen molar-refractivity contribution in [1.29, 1.82) is 5.41 Å². The van der Waals surface area contributed by atoms with E-state index in [1.54, 1.807) is 24.3 Å². The highest BCUT2D eigenvalue weighted by Crippen LogP contribution is 2.24. The van der Waals surface area contributed by atoms with Gasteiger partial charge in [-0.25, -0.2) is 9.97 Å². The largest absolute Gasteiger partial charge is 0.491 e. The van der Waals surface area contributed by atoms with Crippen molar-refractivity contribution in [3.63, 3.8) is 0 Å². The van der Waals surface area contributed by atoms with Crippen LogP contribution < -0.4 is 15.4 Å². The van der Waals surface area contributed by atoms with Gasteiger partial charge >= 0.3 is 0 Å². The molecule has 0 saturated carbocycles. The van der Waals surface area contributed by atoms with E-state index in [4.69, 9.17) is 15.9 Å². The zero-order valence-electron chi connectivity index (χ0n) is 17.3. The van der Waals surface area contributed by atoms with Crippen molar-refractivity contribution >= 4 is 23.1 Å². The Hall–Kier alpha value is -3.16. The summed E-state index contributed by atoms with van der Waals surface area (Å²) in [6, 6.07) is 7.19. The fourth-order valence-electron chi connectivity index (χ4n) is 3.32. The van der Waals surface area contributed by atoms with E-state index in [1.165, 1.54) is 6.33 Å². The molecule has 2 heterocycles. The summed E-state index contributed by atoms with van der Waals surface area (Å²) in [7, 11) is 0. The number of piperazine rings is 1. The Bertz CT molecular complexity index is 912. The second-order valence-electron chi connectivity index (χ2n) is 7.65. The topological polar surface area (TPSA) is 108 Å². The minimum Gasteiger partial charge on any atom is -0.491 e. The van der Waals surface area contributed by atoms with Crippen molar-refractivity contribution in [3.8, 4) is 5.75 Å². The van der Waals surface area contributed by atoms with Crippen molar-refractivity contribution < 1.29 is 9.53 Å². The smallest absolute Gasteiger partial charge is 0.242 e. The minimum absolute atomic E-state index is 0.0216.